The summed E-state index contributed by atoms with van der Waals surface area (Å²) in [7, 11) is 0. The lowest BCUT2D eigenvalue weighted by Gasteiger charge is -2.29. The number of aliphatic hydroxyl groups excluding tert-OH is 1. The molecule has 0 aromatic carbocycles. The molecule has 0 bridgehead atoms. The highest BCUT2D eigenvalue weighted by Gasteiger charge is 2.32. The van der Waals surface area contributed by atoms with Gasteiger partial charge in [0.15, 0.2) is 0 Å². The van der Waals surface area contributed by atoms with E-state index in [1.807, 2.05) is 0 Å². The third kappa shape index (κ3) is 6.44. The van der Waals surface area contributed by atoms with Gasteiger partial charge >= 0.3 is 0 Å². The molecule has 148 valence electrons. The second-order valence-corrected chi connectivity index (χ2v) is 9.17. The van der Waals surface area contributed by atoms with E-state index in [0.717, 1.165) is 17.9 Å². The molecule has 0 saturated carbocycles. The van der Waals surface area contributed by atoms with Gasteiger partial charge in [0.05, 0.1) is 11.6 Å². The number of unbranched alkanes of at least 4 members (excludes halogenated alkanes) is 1. The molecule has 0 fully saturated rings. The molecule has 0 amide bonds. The van der Waals surface area contributed by atoms with Gasteiger partial charge in [0.2, 0.25) is 5.90 Å². The van der Waals surface area contributed by atoms with Crippen LogP contribution in [0.25, 0.3) is 0 Å². The van der Waals surface area contributed by atoms with Gasteiger partial charge in [0.25, 0.3) is 0 Å². The van der Waals surface area contributed by atoms with Gasteiger partial charge in [-0.15, -0.1) is 0 Å². The van der Waals surface area contributed by atoms with Gasteiger partial charge < -0.3 is 20.1 Å². The second kappa shape index (κ2) is 8.57. The largest absolute Gasteiger partial charge is 0.475 e. The van der Waals surface area contributed by atoms with Crippen molar-refractivity contribution < 1.29 is 9.84 Å². The third-order valence-electron chi connectivity index (χ3n) is 4.59. The number of nitrogens with zero attached hydrogens (tertiary/aromatic N) is 2. The van der Waals surface area contributed by atoms with Crippen LogP contribution >= 0.6 is 0 Å². The van der Waals surface area contributed by atoms with Crippen molar-refractivity contribution >= 4 is 5.90 Å². The van der Waals surface area contributed by atoms with Gasteiger partial charge in [-0.25, -0.2) is 4.99 Å². The van der Waals surface area contributed by atoms with Gasteiger partial charge in [0.1, 0.15) is 6.61 Å². The van der Waals surface area contributed by atoms with Crippen molar-refractivity contribution in [3.05, 3.63) is 24.0 Å². The van der Waals surface area contributed by atoms with E-state index < -0.39 is 6.10 Å². The van der Waals surface area contributed by atoms with Crippen molar-refractivity contribution in [1.82, 2.24) is 10.2 Å². The fourth-order valence-electron chi connectivity index (χ4n) is 3.10. The van der Waals surface area contributed by atoms with E-state index in [9.17, 15) is 5.11 Å². The zero-order chi connectivity index (χ0) is 19.4. The number of hydrogen-bond acceptors (Lipinski definition) is 5. The smallest absolute Gasteiger partial charge is 0.214 e. The number of aliphatic hydroxyl groups is 1. The molecular formula is C21H37N3O2. The first-order chi connectivity index (χ1) is 12.1. The Labute approximate surface area is 159 Å². The van der Waals surface area contributed by atoms with E-state index in [2.05, 4.69) is 70.2 Å². The number of rotatable bonds is 8. The first kappa shape index (κ1) is 21.0. The molecule has 2 unspecified atom stereocenters. The first-order valence-corrected chi connectivity index (χ1v) is 9.91. The van der Waals surface area contributed by atoms with Crippen LogP contribution in [0.3, 0.4) is 0 Å². The minimum Gasteiger partial charge on any atom is -0.475 e. The van der Waals surface area contributed by atoms with E-state index in [-0.39, 0.29) is 11.1 Å². The Kier molecular flexibility index (Phi) is 6.92. The standard InChI is InChI=1S/C21H37N3O2/c1-7-8-9-16-10-11-24(13-17(25)12-22-20(2,3)4)14-18(16)19-23-21(5,6)15-26-19/h10-11,14,16-17,22,25H,7-9,12-13,15H2,1-6H3. The van der Waals surface area contributed by atoms with Gasteiger partial charge in [0, 0.05) is 42.5 Å². The van der Waals surface area contributed by atoms with E-state index in [1.54, 1.807) is 0 Å². The molecule has 2 aliphatic heterocycles. The van der Waals surface area contributed by atoms with E-state index >= 15 is 0 Å². The summed E-state index contributed by atoms with van der Waals surface area (Å²) in [6.45, 7) is 14.5. The fourth-order valence-corrected chi connectivity index (χ4v) is 3.10. The van der Waals surface area contributed by atoms with Gasteiger partial charge in [-0.1, -0.05) is 25.8 Å². The zero-order valence-electron chi connectivity index (χ0n) is 17.4. The molecule has 0 aromatic rings. The average molecular weight is 364 g/mol. The molecule has 5 nitrogen and oxygen atoms in total. The van der Waals surface area contributed by atoms with Crippen LogP contribution in [0.5, 0.6) is 0 Å². The Bertz CT molecular complexity index is 558. The van der Waals surface area contributed by atoms with Gasteiger partial charge in [-0.2, -0.15) is 0 Å². The Morgan fingerprint density at radius 2 is 2.15 bits per heavy atom. The van der Waals surface area contributed by atoms with E-state index in [1.165, 1.54) is 12.8 Å². The van der Waals surface area contributed by atoms with Crippen molar-refractivity contribution in [2.24, 2.45) is 10.9 Å². The number of β-amino-alcohol motifs (C(OH)–C–C–N with tert-alkyl or cyclic N) is 1. The monoisotopic (exact) mass is 363 g/mol. The number of nitrogens with one attached hydrogen (secondary N) is 1. The lowest BCUT2D eigenvalue weighted by atomic mass is 9.91. The minimum atomic E-state index is -0.438. The highest BCUT2D eigenvalue weighted by atomic mass is 16.5. The number of aliphatic imine (C=N–C) groups is 1. The van der Waals surface area contributed by atoms with Crippen molar-refractivity contribution in [1.29, 1.82) is 0 Å². The highest BCUT2D eigenvalue weighted by Crippen LogP contribution is 2.30. The molecule has 2 heterocycles. The van der Waals surface area contributed by atoms with Crippen molar-refractivity contribution in [3.8, 4) is 0 Å². The van der Waals surface area contributed by atoms with E-state index in [4.69, 9.17) is 9.73 Å². The maximum Gasteiger partial charge on any atom is 0.214 e. The number of hydrogen-bond donors (Lipinski definition) is 2. The summed E-state index contributed by atoms with van der Waals surface area (Å²) in [5, 5.41) is 13.7. The third-order valence-corrected chi connectivity index (χ3v) is 4.59. The summed E-state index contributed by atoms with van der Waals surface area (Å²) in [5.74, 6) is 1.11. The van der Waals surface area contributed by atoms with Crippen molar-refractivity contribution in [3.63, 3.8) is 0 Å². The van der Waals surface area contributed by atoms with Crippen LogP contribution in [0.1, 0.15) is 60.8 Å². The highest BCUT2D eigenvalue weighted by molar-refractivity contribution is 5.95. The summed E-state index contributed by atoms with van der Waals surface area (Å²) >= 11 is 0. The molecule has 26 heavy (non-hydrogen) atoms. The maximum atomic E-state index is 10.4. The second-order valence-electron chi connectivity index (χ2n) is 9.17. The topological polar surface area (TPSA) is 57.1 Å². The molecular weight excluding hydrogens is 326 g/mol. The van der Waals surface area contributed by atoms with Crippen LogP contribution in [0, 0.1) is 5.92 Å². The van der Waals surface area contributed by atoms with Crippen molar-refractivity contribution in [2.45, 2.75) is 78.0 Å². The van der Waals surface area contributed by atoms with Gasteiger partial charge in [-0.05, 0) is 41.0 Å². The Morgan fingerprint density at radius 1 is 1.42 bits per heavy atom. The van der Waals surface area contributed by atoms with Crippen LogP contribution in [0.2, 0.25) is 0 Å². The first-order valence-electron chi connectivity index (χ1n) is 9.91. The molecule has 2 rings (SSSR count). The number of allylic oxidation sites excluding steroid dienone is 1. The molecule has 0 aliphatic carbocycles. The minimum absolute atomic E-state index is 0.00294. The lowest BCUT2D eigenvalue weighted by molar-refractivity contribution is 0.137. The fraction of sp³-hybridized carbons (Fsp3) is 0.762. The molecule has 0 spiro atoms. The van der Waals surface area contributed by atoms with Crippen LogP contribution in [0.4, 0.5) is 0 Å². The average Bonchev–Trinajstić information content (AvgIpc) is 2.91. The Hall–Kier alpha value is -1.33. The maximum absolute atomic E-state index is 10.4. The molecule has 0 aromatic heterocycles. The SMILES string of the molecule is CCCCC1C=CN(CC(O)CNC(C)(C)C)C=C1C1=NC(C)(C)CO1. The quantitative estimate of drug-likeness (QED) is 0.693. The predicted molar refractivity (Wildman–Crippen MR) is 108 cm³/mol. The molecule has 2 atom stereocenters. The molecule has 0 saturated heterocycles. The van der Waals surface area contributed by atoms with Crippen LogP contribution < -0.4 is 5.32 Å². The van der Waals surface area contributed by atoms with E-state index in [0.29, 0.717) is 25.6 Å². The zero-order valence-corrected chi connectivity index (χ0v) is 17.4. The molecule has 0 radical (unpaired) electrons. The summed E-state index contributed by atoms with van der Waals surface area (Å²) < 4.78 is 5.91. The van der Waals surface area contributed by atoms with Crippen LogP contribution in [-0.4, -0.2) is 52.8 Å². The predicted octanol–water partition coefficient (Wildman–Crippen LogP) is 3.46. The Morgan fingerprint density at radius 3 is 2.73 bits per heavy atom. The summed E-state index contributed by atoms with van der Waals surface area (Å²) in [6, 6.07) is 0. The summed E-state index contributed by atoms with van der Waals surface area (Å²) in [5.41, 5.74) is 0.985. The van der Waals surface area contributed by atoms with Gasteiger partial charge in [-0.3, -0.25) is 0 Å². The molecule has 5 heteroatoms. The lowest BCUT2D eigenvalue weighted by Crippen LogP contribution is -2.43. The number of ether oxygens (including phenoxy) is 1. The molecule has 2 N–H and O–H groups in total. The van der Waals surface area contributed by atoms with Crippen LogP contribution in [0.15, 0.2) is 29.0 Å². The Balaban J connectivity index is 2.07. The summed E-state index contributed by atoms with van der Waals surface area (Å²) in [4.78, 5) is 6.83. The normalized spacial score (nSPS) is 23.5. The summed E-state index contributed by atoms with van der Waals surface area (Å²) in [6.07, 6.45) is 9.45. The molecule has 2 aliphatic rings. The van der Waals surface area contributed by atoms with Crippen LogP contribution in [-0.2, 0) is 4.74 Å². The van der Waals surface area contributed by atoms with Crippen molar-refractivity contribution in [2.75, 3.05) is 19.7 Å².